The summed E-state index contributed by atoms with van der Waals surface area (Å²) in [5.74, 6) is 0. The Morgan fingerprint density at radius 2 is 0.933 bits per heavy atom. The number of nitrogens with zero attached hydrogens (tertiary/aromatic N) is 1. The number of aliphatic hydroxyl groups excluding tert-OH is 1. The van der Waals surface area contributed by atoms with Gasteiger partial charge in [-0.3, -0.25) is 14.0 Å². The molecule has 0 bridgehead atoms. The first-order valence-corrected chi connectivity index (χ1v) is 14.9. The van der Waals surface area contributed by atoms with Crippen LogP contribution >= 0.6 is 15.2 Å². The van der Waals surface area contributed by atoms with Crippen LogP contribution in [0.25, 0.3) is 0 Å². The third kappa shape index (κ3) is 15.1. The second-order valence-corrected chi connectivity index (χ2v) is 11.4. The molecule has 0 atom stereocenters. The van der Waals surface area contributed by atoms with Gasteiger partial charge in [-0.05, 0) is 25.7 Å². The lowest BCUT2D eigenvalue weighted by Gasteiger charge is -2.29. The largest absolute Gasteiger partial charge is 0.395 e. The standard InChI is InChI=1S/C20H45NO7P2/c1-5-9-15-25-29(23,26-16-10-6-2)19-21(13-14-22)20-30(24,27-17-11-7-3)28-18-12-8-4/h22H,5-20H2,1-4H3. The molecule has 0 aliphatic carbocycles. The molecule has 0 aliphatic rings. The molecule has 0 spiro atoms. The minimum atomic E-state index is -3.43. The van der Waals surface area contributed by atoms with Crippen molar-refractivity contribution in [2.45, 2.75) is 79.1 Å². The van der Waals surface area contributed by atoms with Crippen LogP contribution < -0.4 is 0 Å². The first-order valence-electron chi connectivity index (χ1n) is 11.5. The van der Waals surface area contributed by atoms with Gasteiger partial charge in [0.25, 0.3) is 0 Å². The fraction of sp³-hybridized carbons (Fsp3) is 1.00. The summed E-state index contributed by atoms with van der Waals surface area (Å²) < 4.78 is 49.2. The minimum absolute atomic E-state index is 0.0563. The van der Waals surface area contributed by atoms with Crippen molar-refractivity contribution in [2.75, 3.05) is 52.2 Å². The number of aliphatic hydroxyl groups is 1. The highest BCUT2D eigenvalue weighted by atomic mass is 31.2. The van der Waals surface area contributed by atoms with Crippen molar-refractivity contribution < 1.29 is 32.3 Å². The number of hydrogen-bond acceptors (Lipinski definition) is 8. The smallest absolute Gasteiger partial charge is 0.344 e. The first-order chi connectivity index (χ1) is 14.4. The summed E-state index contributed by atoms with van der Waals surface area (Å²) >= 11 is 0. The van der Waals surface area contributed by atoms with Gasteiger partial charge in [-0.15, -0.1) is 0 Å². The van der Waals surface area contributed by atoms with Gasteiger partial charge in [0.2, 0.25) is 0 Å². The summed E-state index contributed by atoms with van der Waals surface area (Å²) in [4.78, 5) is 1.62. The second kappa shape index (κ2) is 18.8. The van der Waals surface area contributed by atoms with Gasteiger partial charge in [0.1, 0.15) is 12.6 Å². The van der Waals surface area contributed by atoms with E-state index in [4.69, 9.17) is 18.1 Å². The maximum Gasteiger partial charge on any atom is 0.344 e. The molecule has 182 valence electrons. The van der Waals surface area contributed by atoms with Gasteiger partial charge in [0.15, 0.2) is 0 Å². The van der Waals surface area contributed by atoms with E-state index in [9.17, 15) is 14.2 Å². The van der Waals surface area contributed by atoms with Gasteiger partial charge >= 0.3 is 15.2 Å². The van der Waals surface area contributed by atoms with E-state index in [1.54, 1.807) is 4.90 Å². The average molecular weight is 474 g/mol. The van der Waals surface area contributed by atoms with Crippen LogP contribution in [0, 0.1) is 0 Å². The van der Waals surface area contributed by atoms with Gasteiger partial charge < -0.3 is 23.2 Å². The zero-order valence-electron chi connectivity index (χ0n) is 19.6. The third-order valence-electron chi connectivity index (χ3n) is 4.31. The molecular formula is C20H45NO7P2. The van der Waals surface area contributed by atoms with Gasteiger partial charge in [-0.2, -0.15) is 0 Å². The highest BCUT2D eigenvalue weighted by Crippen LogP contribution is 2.53. The molecular weight excluding hydrogens is 428 g/mol. The molecule has 0 saturated carbocycles. The highest BCUT2D eigenvalue weighted by molar-refractivity contribution is 7.54. The lowest BCUT2D eigenvalue weighted by molar-refractivity contribution is 0.157. The number of hydrogen-bond donors (Lipinski definition) is 1. The lowest BCUT2D eigenvalue weighted by Crippen LogP contribution is -2.31. The zero-order chi connectivity index (χ0) is 22.7. The van der Waals surface area contributed by atoms with Gasteiger partial charge in [-0.25, -0.2) is 0 Å². The molecule has 1 N–H and O–H groups in total. The Morgan fingerprint density at radius 3 is 1.17 bits per heavy atom. The molecule has 0 saturated heterocycles. The monoisotopic (exact) mass is 473 g/mol. The molecule has 0 heterocycles. The topological polar surface area (TPSA) is 94.5 Å². The SMILES string of the molecule is CCCCOP(=O)(CN(CCO)CP(=O)(OCCCC)OCCCC)OCCCC. The molecule has 0 fully saturated rings. The Hall–Kier alpha value is 0.220. The Kier molecular flexibility index (Phi) is 18.9. The molecule has 0 aromatic heterocycles. The summed E-state index contributed by atoms with van der Waals surface area (Å²) in [6.07, 6.45) is 6.67. The van der Waals surface area contributed by atoms with E-state index >= 15 is 0 Å². The summed E-state index contributed by atoms with van der Waals surface area (Å²) in [5, 5.41) is 9.50. The maximum absolute atomic E-state index is 13.3. The van der Waals surface area contributed by atoms with Crippen molar-refractivity contribution in [3.05, 3.63) is 0 Å². The summed E-state index contributed by atoms with van der Waals surface area (Å²) in [6, 6.07) is 0. The van der Waals surface area contributed by atoms with E-state index in [1.165, 1.54) is 0 Å². The average Bonchev–Trinajstić information content (AvgIpc) is 2.69. The zero-order valence-corrected chi connectivity index (χ0v) is 21.3. The van der Waals surface area contributed by atoms with Gasteiger partial charge in [-0.1, -0.05) is 53.4 Å². The summed E-state index contributed by atoms with van der Waals surface area (Å²) in [6.45, 7) is 9.47. The molecule has 0 aromatic carbocycles. The molecule has 0 rings (SSSR count). The third-order valence-corrected chi connectivity index (χ3v) is 8.10. The van der Waals surface area contributed by atoms with Crippen LogP contribution in [0.5, 0.6) is 0 Å². The molecule has 0 aliphatic heterocycles. The molecule has 0 aromatic rings. The Balaban J connectivity index is 5.25. The van der Waals surface area contributed by atoms with Gasteiger partial charge in [0.05, 0.1) is 33.0 Å². The Morgan fingerprint density at radius 1 is 0.633 bits per heavy atom. The van der Waals surface area contributed by atoms with E-state index < -0.39 is 15.2 Å². The predicted molar refractivity (Wildman–Crippen MR) is 122 cm³/mol. The van der Waals surface area contributed by atoms with E-state index in [-0.39, 0.29) is 25.7 Å². The van der Waals surface area contributed by atoms with Crippen LogP contribution in [0.1, 0.15) is 79.1 Å². The summed E-state index contributed by atoms with van der Waals surface area (Å²) in [7, 11) is -6.86. The minimum Gasteiger partial charge on any atom is -0.395 e. The fourth-order valence-electron chi connectivity index (χ4n) is 2.45. The Labute approximate surface area is 184 Å². The number of rotatable bonds is 22. The van der Waals surface area contributed by atoms with Crippen LogP contribution in [-0.4, -0.2) is 62.2 Å². The van der Waals surface area contributed by atoms with Crippen LogP contribution in [-0.2, 0) is 27.2 Å². The molecule has 8 nitrogen and oxygen atoms in total. The van der Waals surface area contributed by atoms with E-state index in [1.807, 2.05) is 27.7 Å². The van der Waals surface area contributed by atoms with Crippen molar-refractivity contribution >= 4 is 15.2 Å². The molecule has 0 amide bonds. The maximum atomic E-state index is 13.3. The first kappa shape index (κ1) is 30.2. The number of unbranched alkanes of at least 4 members (excludes halogenated alkanes) is 4. The molecule has 30 heavy (non-hydrogen) atoms. The van der Waals surface area contributed by atoms with E-state index in [2.05, 4.69) is 0 Å². The molecule has 0 unspecified atom stereocenters. The van der Waals surface area contributed by atoms with Crippen molar-refractivity contribution in [3.8, 4) is 0 Å². The van der Waals surface area contributed by atoms with Crippen LogP contribution in [0.4, 0.5) is 0 Å². The normalized spacial score (nSPS) is 12.7. The van der Waals surface area contributed by atoms with Crippen LogP contribution in [0.3, 0.4) is 0 Å². The van der Waals surface area contributed by atoms with Crippen molar-refractivity contribution in [1.82, 2.24) is 4.90 Å². The molecule has 10 heteroatoms. The highest BCUT2D eigenvalue weighted by Gasteiger charge is 2.34. The van der Waals surface area contributed by atoms with Crippen molar-refractivity contribution in [1.29, 1.82) is 0 Å². The quantitative estimate of drug-likeness (QED) is 0.155. The van der Waals surface area contributed by atoms with E-state index in [0.717, 1.165) is 51.4 Å². The van der Waals surface area contributed by atoms with Crippen LogP contribution in [0.2, 0.25) is 0 Å². The molecule has 0 radical (unpaired) electrons. The fourth-order valence-corrected chi connectivity index (χ4v) is 6.17. The van der Waals surface area contributed by atoms with Crippen molar-refractivity contribution in [2.24, 2.45) is 0 Å². The second-order valence-electron chi connectivity index (χ2n) is 7.37. The predicted octanol–water partition coefficient (Wildman–Crippen LogP) is 5.85. The summed E-state index contributed by atoms with van der Waals surface area (Å²) in [5.41, 5.74) is 0. The van der Waals surface area contributed by atoms with Crippen LogP contribution in [0.15, 0.2) is 0 Å². The van der Waals surface area contributed by atoms with Crippen molar-refractivity contribution in [3.63, 3.8) is 0 Å². The van der Waals surface area contributed by atoms with E-state index in [0.29, 0.717) is 26.4 Å². The van der Waals surface area contributed by atoms with Gasteiger partial charge in [0, 0.05) is 6.54 Å². The Bertz CT molecular complexity index is 426. The lowest BCUT2D eigenvalue weighted by atomic mass is 10.4.